The normalized spacial score (nSPS) is 10.9. The second kappa shape index (κ2) is 4.06. The van der Waals surface area contributed by atoms with E-state index in [1.54, 1.807) is 12.5 Å². The molecule has 3 aromatic rings. The Morgan fingerprint density at radius 2 is 2.35 bits per heavy atom. The van der Waals surface area contributed by atoms with Crippen LogP contribution in [0.15, 0.2) is 29.3 Å². The van der Waals surface area contributed by atoms with Gasteiger partial charge >= 0.3 is 0 Å². The van der Waals surface area contributed by atoms with Crippen molar-refractivity contribution in [3.05, 3.63) is 35.6 Å². The molecule has 0 unspecified atom stereocenters. The van der Waals surface area contributed by atoms with Crippen LogP contribution in [0.1, 0.15) is 5.56 Å². The molecular formula is C10H8ClN5O. The van der Waals surface area contributed by atoms with Crippen molar-refractivity contribution in [1.82, 2.24) is 19.9 Å². The predicted molar refractivity (Wildman–Crippen MR) is 62.7 cm³/mol. The molecule has 0 saturated heterocycles. The minimum Gasteiger partial charge on any atom is -0.472 e. The molecule has 86 valence electrons. The van der Waals surface area contributed by atoms with E-state index in [2.05, 4.69) is 25.3 Å². The maximum atomic E-state index is 5.98. The molecule has 0 fully saturated rings. The molecule has 0 aliphatic heterocycles. The Kier molecular flexibility index (Phi) is 2.41. The largest absolute Gasteiger partial charge is 0.472 e. The fraction of sp³-hybridized carbons (Fsp3) is 0.100. The van der Waals surface area contributed by atoms with Gasteiger partial charge in [-0.25, -0.2) is 4.98 Å². The minimum atomic E-state index is 0.349. The number of nitrogens with one attached hydrogen (secondary N) is 2. The maximum absolute atomic E-state index is 5.98. The van der Waals surface area contributed by atoms with Gasteiger partial charge in [0.25, 0.3) is 0 Å². The van der Waals surface area contributed by atoms with E-state index in [-0.39, 0.29) is 0 Å². The molecule has 0 atom stereocenters. The van der Waals surface area contributed by atoms with Crippen LogP contribution in [-0.4, -0.2) is 19.9 Å². The summed E-state index contributed by atoms with van der Waals surface area (Å²) in [6, 6.07) is 1.86. The Balaban J connectivity index is 1.85. The zero-order valence-electron chi connectivity index (χ0n) is 8.64. The standard InChI is InChI=1S/C10H8ClN5O/c11-8-7-9(14-5-13-7)16-10(15-8)12-3-6-1-2-17-4-6/h1-2,4-5H,3H2,(H2,12,13,14,15,16). The molecule has 3 aromatic heterocycles. The quantitative estimate of drug-likeness (QED) is 0.696. The summed E-state index contributed by atoms with van der Waals surface area (Å²) in [5.41, 5.74) is 2.19. The highest BCUT2D eigenvalue weighted by Crippen LogP contribution is 2.18. The third-order valence-electron chi connectivity index (χ3n) is 2.27. The Hall–Kier alpha value is -2.08. The van der Waals surface area contributed by atoms with Gasteiger partial charge in [0.05, 0.1) is 18.9 Å². The van der Waals surface area contributed by atoms with Gasteiger partial charge in [-0.2, -0.15) is 9.97 Å². The van der Waals surface area contributed by atoms with Crippen LogP contribution in [0, 0.1) is 0 Å². The van der Waals surface area contributed by atoms with Crippen molar-refractivity contribution in [2.75, 3.05) is 5.32 Å². The molecule has 0 spiro atoms. The number of imidazole rings is 1. The lowest BCUT2D eigenvalue weighted by Crippen LogP contribution is -2.03. The first-order valence-electron chi connectivity index (χ1n) is 4.94. The van der Waals surface area contributed by atoms with Gasteiger partial charge in [-0.1, -0.05) is 11.6 Å². The smallest absolute Gasteiger partial charge is 0.226 e. The first-order valence-corrected chi connectivity index (χ1v) is 5.32. The van der Waals surface area contributed by atoms with Crippen molar-refractivity contribution in [2.45, 2.75) is 6.54 Å². The summed E-state index contributed by atoms with van der Waals surface area (Å²) in [6.07, 6.45) is 4.80. The second-order valence-electron chi connectivity index (χ2n) is 3.42. The average Bonchev–Trinajstić information content (AvgIpc) is 2.97. The van der Waals surface area contributed by atoms with Crippen molar-refractivity contribution in [3.63, 3.8) is 0 Å². The second-order valence-corrected chi connectivity index (χ2v) is 3.78. The average molecular weight is 250 g/mol. The van der Waals surface area contributed by atoms with E-state index in [9.17, 15) is 0 Å². The highest BCUT2D eigenvalue weighted by molar-refractivity contribution is 6.33. The van der Waals surface area contributed by atoms with Crippen LogP contribution in [0.25, 0.3) is 11.2 Å². The van der Waals surface area contributed by atoms with E-state index in [0.717, 1.165) is 5.56 Å². The first-order chi connectivity index (χ1) is 8.33. The van der Waals surface area contributed by atoms with Crippen LogP contribution in [0.2, 0.25) is 5.15 Å². The van der Waals surface area contributed by atoms with Crippen molar-refractivity contribution in [2.24, 2.45) is 0 Å². The summed E-state index contributed by atoms with van der Waals surface area (Å²) >= 11 is 5.98. The van der Waals surface area contributed by atoms with Gasteiger partial charge in [0.2, 0.25) is 5.95 Å². The molecular weight excluding hydrogens is 242 g/mol. The van der Waals surface area contributed by atoms with E-state index in [1.165, 1.54) is 6.33 Å². The summed E-state index contributed by atoms with van der Waals surface area (Å²) in [5, 5.41) is 3.40. The van der Waals surface area contributed by atoms with Crippen LogP contribution >= 0.6 is 11.6 Å². The number of fused-ring (bicyclic) bond motifs is 1. The number of hydrogen-bond acceptors (Lipinski definition) is 5. The highest BCUT2D eigenvalue weighted by Gasteiger charge is 2.07. The van der Waals surface area contributed by atoms with Crippen molar-refractivity contribution in [1.29, 1.82) is 0 Å². The summed E-state index contributed by atoms with van der Waals surface area (Å²) in [4.78, 5) is 15.2. The van der Waals surface area contributed by atoms with E-state index in [0.29, 0.717) is 28.8 Å². The van der Waals surface area contributed by atoms with Gasteiger partial charge in [0.1, 0.15) is 5.52 Å². The molecule has 7 heteroatoms. The topological polar surface area (TPSA) is 79.6 Å². The molecule has 2 N–H and O–H groups in total. The number of aromatic nitrogens is 4. The fourth-order valence-corrected chi connectivity index (χ4v) is 1.67. The molecule has 0 aliphatic rings. The molecule has 0 aliphatic carbocycles. The number of H-pyrrole nitrogens is 1. The Labute approximate surface area is 101 Å². The van der Waals surface area contributed by atoms with Gasteiger partial charge in [0, 0.05) is 12.1 Å². The lowest BCUT2D eigenvalue weighted by atomic mass is 10.3. The first kappa shape index (κ1) is 10.1. The van der Waals surface area contributed by atoms with Gasteiger partial charge in [-0.15, -0.1) is 0 Å². The SMILES string of the molecule is Clc1nc(NCc2ccoc2)nc2nc[nH]c12. The van der Waals surface area contributed by atoms with E-state index < -0.39 is 0 Å². The number of nitrogens with zero attached hydrogens (tertiary/aromatic N) is 3. The number of furan rings is 1. The number of rotatable bonds is 3. The molecule has 0 radical (unpaired) electrons. The molecule has 6 nitrogen and oxygen atoms in total. The minimum absolute atomic E-state index is 0.349. The van der Waals surface area contributed by atoms with Crippen LogP contribution in [-0.2, 0) is 6.54 Å². The van der Waals surface area contributed by atoms with Gasteiger partial charge in [-0.05, 0) is 6.07 Å². The van der Waals surface area contributed by atoms with Crippen molar-refractivity contribution < 1.29 is 4.42 Å². The van der Waals surface area contributed by atoms with E-state index in [1.807, 2.05) is 6.07 Å². The van der Waals surface area contributed by atoms with Crippen LogP contribution in [0.4, 0.5) is 5.95 Å². The van der Waals surface area contributed by atoms with E-state index >= 15 is 0 Å². The van der Waals surface area contributed by atoms with Crippen LogP contribution in [0.3, 0.4) is 0 Å². The predicted octanol–water partition coefficient (Wildman–Crippen LogP) is 2.21. The summed E-state index contributed by atoms with van der Waals surface area (Å²) in [7, 11) is 0. The van der Waals surface area contributed by atoms with E-state index in [4.69, 9.17) is 16.0 Å². The number of halogens is 1. The molecule has 0 amide bonds. The summed E-state index contributed by atoms with van der Waals surface area (Å²) < 4.78 is 4.96. The molecule has 3 heterocycles. The molecule has 17 heavy (non-hydrogen) atoms. The third kappa shape index (κ3) is 1.94. The fourth-order valence-electron chi connectivity index (χ4n) is 1.45. The maximum Gasteiger partial charge on any atom is 0.226 e. The summed E-state index contributed by atoms with van der Waals surface area (Å²) in [5.74, 6) is 0.441. The zero-order chi connectivity index (χ0) is 11.7. The molecule has 0 aromatic carbocycles. The van der Waals surface area contributed by atoms with Gasteiger partial charge < -0.3 is 14.7 Å². The monoisotopic (exact) mass is 249 g/mol. The molecule has 3 rings (SSSR count). The number of anilines is 1. The zero-order valence-corrected chi connectivity index (χ0v) is 9.40. The van der Waals surface area contributed by atoms with Crippen LogP contribution in [0.5, 0.6) is 0 Å². The lowest BCUT2D eigenvalue weighted by molar-refractivity contribution is 0.564. The Morgan fingerprint density at radius 3 is 3.18 bits per heavy atom. The summed E-state index contributed by atoms with van der Waals surface area (Å²) in [6.45, 7) is 0.572. The lowest BCUT2D eigenvalue weighted by Gasteiger charge is -2.02. The molecule has 0 bridgehead atoms. The highest BCUT2D eigenvalue weighted by atomic mass is 35.5. The van der Waals surface area contributed by atoms with Crippen molar-refractivity contribution >= 4 is 28.7 Å². The molecule has 0 saturated carbocycles. The van der Waals surface area contributed by atoms with Crippen LogP contribution < -0.4 is 5.32 Å². The number of aromatic amines is 1. The number of hydrogen-bond donors (Lipinski definition) is 2. The Morgan fingerprint density at radius 1 is 1.41 bits per heavy atom. The van der Waals surface area contributed by atoms with Gasteiger partial charge in [-0.3, -0.25) is 0 Å². The van der Waals surface area contributed by atoms with Crippen molar-refractivity contribution in [3.8, 4) is 0 Å². The third-order valence-corrected chi connectivity index (χ3v) is 2.55. The Bertz CT molecular complexity index is 633. The van der Waals surface area contributed by atoms with Gasteiger partial charge in [0.15, 0.2) is 10.8 Å².